The molecule has 0 atom stereocenters. The van der Waals surface area contributed by atoms with E-state index < -0.39 is 5.97 Å². The van der Waals surface area contributed by atoms with E-state index in [9.17, 15) is 9.59 Å². The van der Waals surface area contributed by atoms with Crippen LogP contribution in [-0.2, 0) is 4.79 Å². The van der Waals surface area contributed by atoms with Crippen LogP contribution in [0.4, 0.5) is 5.69 Å². The molecule has 0 spiro atoms. The smallest absolute Gasteiger partial charge is 0.309 e. The maximum Gasteiger partial charge on any atom is 0.309 e. The molecule has 166 valence electrons. The van der Waals surface area contributed by atoms with E-state index in [1.807, 2.05) is 66.9 Å². The summed E-state index contributed by atoms with van der Waals surface area (Å²) in [4.78, 5) is 25.1. The number of aromatic nitrogens is 2. The van der Waals surface area contributed by atoms with E-state index in [2.05, 4.69) is 5.32 Å². The van der Waals surface area contributed by atoms with Gasteiger partial charge < -0.3 is 10.1 Å². The summed E-state index contributed by atoms with van der Waals surface area (Å²) in [7, 11) is 0. The predicted molar refractivity (Wildman–Crippen MR) is 129 cm³/mol. The molecule has 7 heteroatoms. The van der Waals surface area contributed by atoms with E-state index in [1.165, 1.54) is 18.3 Å². The van der Waals surface area contributed by atoms with Gasteiger partial charge in [-0.3, -0.25) is 9.59 Å². The fourth-order valence-corrected chi connectivity index (χ4v) is 4.44. The molecular weight excluding hydrogens is 434 g/mol. The topological polar surface area (TPSA) is 73.2 Å². The minimum Gasteiger partial charge on any atom is -0.407 e. The zero-order valence-corrected chi connectivity index (χ0v) is 19.2. The van der Waals surface area contributed by atoms with Crippen molar-refractivity contribution < 1.29 is 14.3 Å². The standard InChI is InChI=1S/C26H23N3O3S/c1-16-5-3-6-21(15-16)29-26(32-17(2)30)23(24(28-29)19-8-9-19)18-10-12-20(13-11-18)27-25(31)22-7-4-14-33-22/h3-7,10-15,19H,8-9H2,1-2H3,(H,27,31). The van der Waals surface area contributed by atoms with Gasteiger partial charge in [0.25, 0.3) is 5.91 Å². The average molecular weight is 458 g/mol. The lowest BCUT2D eigenvalue weighted by Gasteiger charge is -2.10. The minimum atomic E-state index is -0.396. The molecule has 4 aromatic rings. The van der Waals surface area contributed by atoms with E-state index in [1.54, 1.807) is 10.7 Å². The number of aryl methyl sites for hydroxylation is 1. The summed E-state index contributed by atoms with van der Waals surface area (Å²) in [5, 5.41) is 9.69. The van der Waals surface area contributed by atoms with Crippen LogP contribution in [0.2, 0.25) is 0 Å². The third-order valence-electron chi connectivity index (χ3n) is 5.50. The Morgan fingerprint density at radius 3 is 2.52 bits per heavy atom. The summed E-state index contributed by atoms with van der Waals surface area (Å²) in [5.41, 5.74) is 5.29. The highest BCUT2D eigenvalue weighted by molar-refractivity contribution is 7.12. The van der Waals surface area contributed by atoms with Crippen LogP contribution < -0.4 is 10.1 Å². The maximum atomic E-state index is 12.4. The third-order valence-corrected chi connectivity index (χ3v) is 6.37. The molecule has 1 aliphatic rings. The molecular formula is C26H23N3O3S. The first-order valence-electron chi connectivity index (χ1n) is 10.8. The summed E-state index contributed by atoms with van der Waals surface area (Å²) in [6.07, 6.45) is 2.12. The molecule has 2 heterocycles. The first-order chi connectivity index (χ1) is 16.0. The van der Waals surface area contributed by atoms with Gasteiger partial charge in [0, 0.05) is 18.5 Å². The Balaban J connectivity index is 1.55. The lowest BCUT2D eigenvalue weighted by atomic mass is 10.0. The van der Waals surface area contributed by atoms with Crippen molar-refractivity contribution in [2.45, 2.75) is 32.6 Å². The lowest BCUT2D eigenvalue weighted by molar-refractivity contribution is -0.132. The lowest BCUT2D eigenvalue weighted by Crippen LogP contribution is -2.10. The number of amides is 1. The third kappa shape index (κ3) is 4.45. The molecule has 1 saturated carbocycles. The number of hydrogen-bond donors (Lipinski definition) is 1. The van der Waals surface area contributed by atoms with Crippen molar-refractivity contribution in [2.24, 2.45) is 0 Å². The Kier molecular flexibility index (Phi) is 5.56. The Morgan fingerprint density at radius 2 is 1.88 bits per heavy atom. The normalized spacial score (nSPS) is 13.0. The molecule has 1 aliphatic carbocycles. The molecule has 2 aromatic heterocycles. The van der Waals surface area contributed by atoms with Crippen LogP contribution in [0.15, 0.2) is 66.0 Å². The van der Waals surface area contributed by atoms with Gasteiger partial charge in [0.1, 0.15) is 0 Å². The second-order valence-electron chi connectivity index (χ2n) is 8.19. The van der Waals surface area contributed by atoms with Crippen LogP contribution in [-0.4, -0.2) is 21.7 Å². The fraction of sp³-hybridized carbons (Fsp3) is 0.192. The highest BCUT2D eigenvalue weighted by Crippen LogP contribution is 2.48. The number of carbonyl (C=O) groups is 2. The van der Waals surface area contributed by atoms with Gasteiger partial charge in [-0.05, 0) is 66.6 Å². The van der Waals surface area contributed by atoms with Crippen molar-refractivity contribution in [3.8, 4) is 22.7 Å². The van der Waals surface area contributed by atoms with Crippen LogP contribution in [0.5, 0.6) is 5.88 Å². The van der Waals surface area contributed by atoms with Crippen LogP contribution >= 0.6 is 11.3 Å². The predicted octanol–water partition coefficient (Wildman–Crippen LogP) is 5.96. The minimum absolute atomic E-state index is 0.135. The molecule has 6 nitrogen and oxygen atoms in total. The second kappa shape index (κ2) is 8.67. The quantitative estimate of drug-likeness (QED) is 0.362. The Labute approximate surface area is 195 Å². The van der Waals surface area contributed by atoms with E-state index in [0.29, 0.717) is 22.4 Å². The first-order valence-corrected chi connectivity index (χ1v) is 11.7. The van der Waals surface area contributed by atoms with Crippen LogP contribution in [0.3, 0.4) is 0 Å². The number of anilines is 1. The molecule has 33 heavy (non-hydrogen) atoms. The summed E-state index contributed by atoms with van der Waals surface area (Å²) in [6.45, 7) is 3.42. The molecule has 0 saturated heterocycles. The number of carbonyl (C=O) groups excluding carboxylic acids is 2. The van der Waals surface area contributed by atoms with Crippen LogP contribution in [0.1, 0.15) is 46.6 Å². The molecule has 1 N–H and O–H groups in total. The Morgan fingerprint density at radius 1 is 1.09 bits per heavy atom. The highest BCUT2D eigenvalue weighted by atomic mass is 32.1. The first kappa shape index (κ1) is 21.2. The number of thiophene rings is 1. The van der Waals surface area contributed by atoms with Crippen molar-refractivity contribution in [1.82, 2.24) is 9.78 Å². The number of hydrogen-bond acceptors (Lipinski definition) is 5. The van der Waals surface area contributed by atoms with E-state index in [0.717, 1.165) is 40.9 Å². The molecule has 5 rings (SSSR count). The summed E-state index contributed by atoms with van der Waals surface area (Å²) < 4.78 is 7.45. The Hall–Kier alpha value is -3.71. The van der Waals surface area contributed by atoms with Gasteiger partial charge in [-0.25, -0.2) is 0 Å². The van der Waals surface area contributed by atoms with Gasteiger partial charge in [-0.1, -0.05) is 30.3 Å². The van der Waals surface area contributed by atoms with Crippen molar-refractivity contribution in [1.29, 1.82) is 0 Å². The molecule has 2 aromatic carbocycles. The summed E-state index contributed by atoms with van der Waals surface area (Å²) >= 11 is 1.40. The largest absolute Gasteiger partial charge is 0.407 e. The summed E-state index contributed by atoms with van der Waals surface area (Å²) in [6, 6.07) is 19.2. The molecule has 0 unspecified atom stereocenters. The van der Waals surface area contributed by atoms with Crippen molar-refractivity contribution in [2.75, 3.05) is 5.32 Å². The van der Waals surface area contributed by atoms with Crippen LogP contribution in [0.25, 0.3) is 16.8 Å². The van der Waals surface area contributed by atoms with Crippen molar-refractivity contribution in [3.05, 3.63) is 82.2 Å². The van der Waals surface area contributed by atoms with Gasteiger partial charge in [-0.2, -0.15) is 9.78 Å². The zero-order valence-electron chi connectivity index (χ0n) is 18.4. The number of nitrogens with zero attached hydrogens (tertiary/aromatic N) is 2. The number of benzene rings is 2. The van der Waals surface area contributed by atoms with Crippen molar-refractivity contribution >= 4 is 28.9 Å². The fourth-order valence-electron chi connectivity index (χ4n) is 3.82. The van der Waals surface area contributed by atoms with Crippen molar-refractivity contribution in [3.63, 3.8) is 0 Å². The van der Waals surface area contributed by atoms with Gasteiger partial charge >= 0.3 is 5.97 Å². The number of esters is 1. The molecule has 0 radical (unpaired) electrons. The second-order valence-corrected chi connectivity index (χ2v) is 9.14. The average Bonchev–Trinajstić information content (AvgIpc) is 3.35. The number of rotatable bonds is 6. The molecule has 0 aliphatic heterocycles. The SMILES string of the molecule is CC(=O)Oc1c(-c2ccc(NC(=O)c3cccs3)cc2)c(C2CC2)nn1-c1cccc(C)c1. The molecule has 1 amide bonds. The van der Waals surface area contributed by atoms with E-state index in [-0.39, 0.29) is 5.91 Å². The van der Waals surface area contributed by atoms with Gasteiger partial charge in [0.2, 0.25) is 5.88 Å². The van der Waals surface area contributed by atoms with Crippen LogP contribution in [0, 0.1) is 6.92 Å². The monoisotopic (exact) mass is 457 g/mol. The van der Waals surface area contributed by atoms with Gasteiger partial charge in [0.05, 0.1) is 21.8 Å². The number of nitrogens with one attached hydrogen (secondary N) is 1. The van der Waals surface area contributed by atoms with E-state index in [4.69, 9.17) is 9.84 Å². The molecule has 1 fully saturated rings. The van der Waals surface area contributed by atoms with Gasteiger partial charge in [-0.15, -0.1) is 11.3 Å². The number of ether oxygens (including phenoxy) is 1. The van der Waals surface area contributed by atoms with E-state index >= 15 is 0 Å². The van der Waals surface area contributed by atoms with Gasteiger partial charge in [0.15, 0.2) is 0 Å². The molecule has 0 bridgehead atoms. The highest BCUT2D eigenvalue weighted by Gasteiger charge is 2.34. The summed E-state index contributed by atoms with van der Waals surface area (Å²) in [5.74, 6) is 0.237. The maximum absolute atomic E-state index is 12.4. The Bertz CT molecular complexity index is 1320. The zero-order chi connectivity index (χ0) is 22.9.